The number of rotatable bonds is 8. The van der Waals surface area contributed by atoms with Gasteiger partial charge in [0.2, 0.25) is 0 Å². The van der Waals surface area contributed by atoms with Crippen molar-refractivity contribution in [1.82, 2.24) is 9.71 Å². The van der Waals surface area contributed by atoms with E-state index in [0.717, 1.165) is 37.0 Å². The molecule has 1 rings (SSSR count). The van der Waals surface area contributed by atoms with Crippen LogP contribution in [0.4, 0.5) is 0 Å². The zero-order valence-electron chi connectivity index (χ0n) is 10.9. The zero-order valence-corrected chi connectivity index (χ0v) is 12.6. The lowest BCUT2D eigenvalue weighted by Gasteiger charge is -2.13. The molecule has 1 aromatic heterocycles. The van der Waals surface area contributed by atoms with Gasteiger partial charge in [-0.2, -0.15) is 0 Å². The fourth-order valence-corrected chi connectivity index (χ4v) is 4.08. The van der Waals surface area contributed by atoms with Crippen molar-refractivity contribution in [3.63, 3.8) is 0 Å². The first-order valence-corrected chi connectivity index (χ1v) is 8.44. The summed E-state index contributed by atoms with van der Waals surface area (Å²) in [4.78, 5) is 14.4. The number of aromatic carboxylic acids is 1. The molecule has 0 aliphatic rings. The van der Waals surface area contributed by atoms with Crippen LogP contribution >= 0.6 is 11.3 Å². The number of carboxylic acid groups (broad SMARTS) is 1. The molecule has 0 saturated heterocycles. The molecular weight excluding hydrogens is 288 g/mol. The molecule has 108 valence electrons. The number of aromatic nitrogens is 1. The molecule has 1 atom stereocenters. The predicted octanol–water partition coefficient (Wildman–Crippen LogP) is 2.09. The van der Waals surface area contributed by atoms with Crippen molar-refractivity contribution in [2.75, 3.05) is 0 Å². The summed E-state index contributed by atoms with van der Waals surface area (Å²) >= 11 is 0.813. The molecular formula is C11H18N2O4S2. The Bertz CT molecular complexity index is 525. The van der Waals surface area contributed by atoms with E-state index >= 15 is 0 Å². The summed E-state index contributed by atoms with van der Waals surface area (Å²) in [7, 11) is -3.80. The van der Waals surface area contributed by atoms with Crippen LogP contribution < -0.4 is 4.72 Å². The van der Waals surface area contributed by atoms with Gasteiger partial charge in [-0.25, -0.2) is 22.9 Å². The monoisotopic (exact) mass is 306 g/mol. The fraction of sp³-hybridized carbons (Fsp3) is 0.636. The van der Waals surface area contributed by atoms with Crippen LogP contribution in [0.1, 0.15) is 50.0 Å². The van der Waals surface area contributed by atoms with Crippen LogP contribution in [0, 0.1) is 0 Å². The fourth-order valence-electron chi connectivity index (χ4n) is 1.65. The maximum absolute atomic E-state index is 12.1. The number of sulfonamides is 1. The largest absolute Gasteiger partial charge is 0.476 e. The van der Waals surface area contributed by atoms with Crippen LogP contribution in [0.5, 0.6) is 0 Å². The van der Waals surface area contributed by atoms with Crippen LogP contribution in [-0.2, 0) is 10.0 Å². The van der Waals surface area contributed by atoms with Gasteiger partial charge < -0.3 is 5.11 Å². The maximum Gasteiger partial charge on any atom is 0.356 e. The average Bonchev–Trinajstić information content (AvgIpc) is 2.78. The summed E-state index contributed by atoms with van der Waals surface area (Å²) < 4.78 is 26.4. The molecule has 0 spiro atoms. The number of unbranched alkanes of at least 4 members (excludes halogenated alkanes) is 2. The second-order valence-corrected chi connectivity index (χ2v) is 7.08. The van der Waals surface area contributed by atoms with Crippen molar-refractivity contribution in [1.29, 1.82) is 0 Å². The van der Waals surface area contributed by atoms with Crippen LogP contribution in [-0.4, -0.2) is 30.5 Å². The van der Waals surface area contributed by atoms with Gasteiger partial charge in [-0.1, -0.05) is 26.2 Å². The summed E-state index contributed by atoms with van der Waals surface area (Å²) in [5, 5.41) is 8.88. The second kappa shape index (κ2) is 6.97. The van der Waals surface area contributed by atoms with Crippen molar-refractivity contribution >= 4 is 27.3 Å². The van der Waals surface area contributed by atoms with E-state index in [4.69, 9.17) is 5.11 Å². The van der Waals surface area contributed by atoms with Gasteiger partial charge in [0.05, 0.1) is 5.51 Å². The van der Waals surface area contributed by atoms with Gasteiger partial charge in [-0.05, 0) is 13.3 Å². The molecule has 0 radical (unpaired) electrons. The van der Waals surface area contributed by atoms with E-state index in [0.29, 0.717) is 0 Å². The number of hydrogen-bond donors (Lipinski definition) is 2. The first kappa shape index (κ1) is 16.1. The van der Waals surface area contributed by atoms with E-state index in [2.05, 4.69) is 16.6 Å². The number of nitrogens with one attached hydrogen (secondary N) is 1. The highest BCUT2D eigenvalue weighted by molar-refractivity contribution is 7.91. The van der Waals surface area contributed by atoms with Gasteiger partial charge in [-0.15, -0.1) is 11.3 Å². The molecule has 0 aliphatic heterocycles. The van der Waals surface area contributed by atoms with Crippen LogP contribution in [0.2, 0.25) is 0 Å². The second-order valence-electron chi connectivity index (χ2n) is 4.31. The van der Waals surface area contributed by atoms with Crippen molar-refractivity contribution in [2.45, 2.75) is 49.8 Å². The molecule has 2 N–H and O–H groups in total. The Morgan fingerprint density at radius 3 is 2.79 bits per heavy atom. The standard InChI is InChI=1S/C11H18N2O4S2/c1-3-4-5-6-8(2)13-19(16,17)11-9(10(14)15)12-7-18-11/h7-8,13H,3-6H2,1-2H3,(H,14,15). The molecule has 1 aromatic rings. The summed E-state index contributed by atoms with van der Waals surface area (Å²) in [6.45, 7) is 3.85. The molecule has 0 bridgehead atoms. The van der Waals surface area contributed by atoms with Gasteiger partial charge in [-0.3, -0.25) is 0 Å². The Morgan fingerprint density at radius 2 is 2.21 bits per heavy atom. The lowest BCUT2D eigenvalue weighted by Crippen LogP contribution is -2.32. The minimum absolute atomic E-state index is 0.222. The van der Waals surface area contributed by atoms with E-state index in [1.165, 1.54) is 5.51 Å². The number of carboxylic acids is 1. The first-order valence-electron chi connectivity index (χ1n) is 6.07. The third-order valence-electron chi connectivity index (χ3n) is 2.58. The third-order valence-corrected chi connectivity index (χ3v) is 5.54. The molecule has 0 fully saturated rings. The van der Waals surface area contributed by atoms with Crippen molar-refractivity contribution in [3.8, 4) is 0 Å². The van der Waals surface area contributed by atoms with Crippen LogP contribution in [0.15, 0.2) is 9.72 Å². The summed E-state index contributed by atoms with van der Waals surface area (Å²) in [5.74, 6) is -1.33. The quantitative estimate of drug-likeness (QED) is 0.717. The molecule has 0 aromatic carbocycles. The Balaban J connectivity index is 2.75. The molecule has 0 amide bonds. The van der Waals surface area contributed by atoms with E-state index in [1.807, 2.05) is 0 Å². The Morgan fingerprint density at radius 1 is 1.53 bits per heavy atom. The molecule has 19 heavy (non-hydrogen) atoms. The first-order chi connectivity index (χ1) is 8.88. The lowest BCUT2D eigenvalue weighted by atomic mass is 10.1. The van der Waals surface area contributed by atoms with Gasteiger partial charge >= 0.3 is 5.97 Å². The van der Waals surface area contributed by atoms with Crippen LogP contribution in [0.25, 0.3) is 0 Å². The number of carbonyl (C=O) groups is 1. The van der Waals surface area contributed by atoms with Crippen molar-refractivity contribution in [3.05, 3.63) is 11.2 Å². The smallest absolute Gasteiger partial charge is 0.356 e. The summed E-state index contributed by atoms with van der Waals surface area (Å²) in [6.07, 6.45) is 3.79. The van der Waals surface area contributed by atoms with E-state index in [9.17, 15) is 13.2 Å². The van der Waals surface area contributed by atoms with Gasteiger partial charge in [0.25, 0.3) is 10.0 Å². The van der Waals surface area contributed by atoms with Gasteiger partial charge in [0, 0.05) is 6.04 Å². The minimum Gasteiger partial charge on any atom is -0.476 e. The highest BCUT2D eigenvalue weighted by Crippen LogP contribution is 2.20. The summed E-state index contributed by atoms with van der Waals surface area (Å²) in [5.41, 5.74) is 0.804. The summed E-state index contributed by atoms with van der Waals surface area (Å²) in [6, 6.07) is -0.222. The highest BCUT2D eigenvalue weighted by Gasteiger charge is 2.26. The third kappa shape index (κ3) is 4.55. The van der Waals surface area contributed by atoms with Crippen molar-refractivity contribution in [2.24, 2.45) is 0 Å². The average molecular weight is 306 g/mol. The lowest BCUT2D eigenvalue weighted by molar-refractivity contribution is 0.0687. The molecule has 1 unspecified atom stereocenters. The predicted molar refractivity (Wildman–Crippen MR) is 73.0 cm³/mol. The highest BCUT2D eigenvalue weighted by atomic mass is 32.2. The van der Waals surface area contributed by atoms with Crippen molar-refractivity contribution < 1.29 is 18.3 Å². The zero-order chi connectivity index (χ0) is 14.5. The topological polar surface area (TPSA) is 96.4 Å². The normalized spacial score (nSPS) is 13.4. The van der Waals surface area contributed by atoms with Crippen LogP contribution in [0.3, 0.4) is 0 Å². The Kier molecular flexibility index (Phi) is 5.89. The van der Waals surface area contributed by atoms with E-state index < -0.39 is 21.7 Å². The van der Waals surface area contributed by atoms with Gasteiger partial charge in [0.15, 0.2) is 9.90 Å². The molecule has 6 nitrogen and oxygen atoms in total. The maximum atomic E-state index is 12.1. The SMILES string of the molecule is CCCCCC(C)NS(=O)(=O)c1scnc1C(=O)O. The Hall–Kier alpha value is -0.990. The number of nitrogens with zero attached hydrogens (tertiary/aromatic N) is 1. The molecule has 8 heteroatoms. The van der Waals surface area contributed by atoms with E-state index in [1.54, 1.807) is 6.92 Å². The molecule has 0 aliphatic carbocycles. The van der Waals surface area contributed by atoms with Gasteiger partial charge in [0.1, 0.15) is 0 Å². The minimum atomic E-state index is -3.80. The number of hydrogen-bond acceptors (Lipinski definition) is 5. The molecule has 0 saturated carbocycles. The number of thiazole rings is 1. The van der Waals surface area contributed by atoms with E-state index in [-0.39, 0.29) is 10.3 Å². The Labute approximate surface area is 116 Å². The molecule has 1 heterocycles.